The van der Waals surface area contributed by atoms with E-state index in [2.05, 4.69) is 4.72 Å². The van der Waals surface area contributed by atoms with Crippen molar-refractivity contribution in [1.29, 1.82) is 0 Å². The number of nitrogens with one attached hydrogen (secondary N) is 1. The number of anilines is 1. The fourth-order valence-corrected chi connectivity index (χ4v) is 4.13. The van der Waals surface area contributed by atoms with Crippen LogP contribution in [0, 0.1) is 0 Å². The summed E-state index contributed by atoms with van der Waals surface area (Å²) in [5.41, 5.74) is 6.76. The van der Waals surface area contributed by atoms with Crippen molar-refractivity contribution in [1.82, 2.24) is 4.72 Å². The maximum atomic E-state index is 11.4. The summed E-state index contributed by atoms with van der Waals surface area (Å²) in [6.45, 7) is 0.0398. The molecular formula is C9H14N2O4S2. The number of benzene rings is 1. The SMILES string of the molecule is CS(=O)(=O)CS(=O)(=O)NCc1ccc(N)cc1. The molecule has 0 amide bonds. The maximum Gasteiger partial charge on any atom is 0.226 e. The number of hydrogen-bond acceptors (Lipinski definition) is 5. The third-order valence-corrected chi connectivity index (χ3v) is 5.38. The van der Waals surface area contributed by atoms with Gasteiger partial charge in [0.2, 0.25) is 10.0 Å². The lowest BCUT2D eigenvalue weighted by Gasteiger charge is -2.05. The van der Waals surface area contributed by atoms with Gasteiger partial charge >= 0.3 is 0 Å². The lowest BCUT2D eigenvalue weighted by molar-refractivity contribution is 0.580. The molecular weight excluding hydrogens is 264 g/mol. The van der Waals surface area contributed by atoms with Crippen molar-refractivity contribution < 1.29 is 16.8 Å². The van der Waals surface area contributed by atoms with E-state index in [9.17, 15) is 16.8 Å². The van der Waals surface area contributed by atoms with E-state index in [-0.39, 0.29) is 6.54 Å². The first kappa shape index (κ1) is 13.9. The van der Waals surface area contributed by atoms with Crippen LogP contribution in [0.1, 0.15) is 5.56 Å². The first-order chi connectivity index (χ1) is 7.68. The normalized spacial score (nSPS) is 12.5. The van der Waals surface area contributed by atoms with Crippen molar-refractivity contribution in [3.8, 4) is 0 Å². The quantitative estimate of drug-likeness (QED) is 0.719. The van der Waals surface area contributed by atoms with Gasteiger partial charge in [-0.25, -0.2) is 21.6 Å². The first-order valence-corrected chi connectivity index (χ1v) is 8.39. The summed E-state index contributed by atoms with van der Waals surface area (Å²) >= 11 is 0. The highest BCUT2D eigenvalue weighted by molar-refractivity contribution is 8.06. The van der Waals surface area contributed by atoms with Crippen LogP contribution in [0.4, 0.5) is 5.69 Å². The predicted octanol–water partition coefficient (Wildman–Crippen LogP) is -0.310. The van der Waals surface area contributed by atoms with Crippen LogP contribution in [0.2, 0.25) is 0 Å². The lowest BCUT2D eigenvalue weighted by atomic mass is 10.2. The molecule has 0 saturated carbocycles. The van der Waals surface area contributed by atoms with Gasteiger partial charge in [-0.05, 0) is 17.7 Å². The average molecular weight is 278 g/mol. The Morgan fingerprint density at radius 1 is 1.12 bits per heavy atom. The zero-order valence-corrected chi connectivity index (χ0v) is 10.9. The largest absolute Gasteiger partial charge is 0.399 e. The fraction of sp³-hybridized carbons (Fsp3) is 0.333. The number of sulfonamides is 1. The van der Waals surface area contributed by atoms with Crippen molar-refractivity contribution in [3.05, 3.63) is 29.8 Å². The molecule has 6 nitrogen and oxygen atoms in total. The Bertz CT molecular complexity index is 576. The van der Waals surface area contributed by atoms with E-state index in [0.29, 0.717) is 11.3 Å². The van der Waals surface area contributed by atoms with Gasteiger partial charge in [-0.1, -0.05) is 12.1 Å². The Balaban J connectivity index is 2.65. The van der Waals surface area contributed by atoms with Crippen LogP contribution in [0.5, 0.6) is 0 Å². The van der Waals surface area contributed by atoms with Gasteiger partial charge < -0.3 is 5.73 Å². The maximum absolute atomic E-state index is 11.4. The molecule has 17 heavy (non-hydrogen) atoms. The Hall–Kier alpha value is -1.12. The van der Waals surface area contributed by atoms with Gasteiger partial charge in [-0.3, -0.25) is 0 Å². The zero-order chi connectivity index (χ0) is 13.1. The number of sulfone groups is 1. The smallest absolute Gasteiger partial charge is 0.226 e. The third kappa shape index (κ3) is 5.66. The van der Waals surface area contributed by atoms with Crippen molar-refractivity contribution in [2.45, 2.75) is 6.54 Å². The van der Waals surface area contributed by atoms with Crippen LogP contribution in [-0.4, -0.2) is 28.2 Å². The summed E-state index contributed by atoms with van der Waals surface area (Å²) in [6.07, 6.45) is 0.870. The Morgan fingerprint density at radius 2 is 1.65 bits per heavy atom. The summed E-state index contributed by atoms with van der Waals surface area (Å²) in [4.78, 5) is 0. The highest BCUT2D eigenvalue weighted by Crippen LogP contribution is 2.05. The van der Waals surface area contributed by atoms with Crippen molar-refractivity contribution in [2.75, 3.05) is 17.1 Å². The number of nitrogens with two attached hydrogens (primary N) is 1. The van der Waals surface area contributed by atoms with Crippen LogP contribution in [0.25, 0.3) is 0 Å². The summed E-state index contributed by atoms with van der Waals surface area (Å²) in [7, 11) is -7.38. The highest BCUT2D eigenvalue weighted by atomic mass is 32.3. The molecule has 0 aliphatic carbocycles. The monoisotopic (exact) mass is 278 g/mol. The molecule has 3 N–H and O–H groups in total. The molecule has 0 aliphatic heterocycles. The number of nitrogen functional groups attached to an aromatic ring is 1. The molecule has 1 aromatic carbocycles. The van der Waals surface area contributed by atoms with E-state index in [1.54, 1.807) is 24.3 Å². The molecule has 0 aliphatic rings. The van der Waals surface area contributed by atoms with Crippen LogP contribution in [0.15, 0.2) is 24.3 Å². The standard InChI is InChI=1S/C9H14N2O4S2/c1-16(12,13)7-17(14,15)11-6-8-2-4-9(10)5-3-8/h2-5,11H,6-7,10H2,1H3. The molecule has 0 aromatic heterocycles. The van der Waals surface area contributed by atoms with Crippen molar-refractivity contribution in [2.24, 2.45) is 0 Å². The first-order valence-electron chi connectivity index (χ1n) is 4.67. The van der Waals surface area contributed by atoms with Crippen LogP contribution in [-0.2, 0) is 26.4 Å². The molecule has 1 rings (SSSR count). The van der Waals surface area contributed by atoms with Gasteiger partial charge in [0.05, 0.1) is 0 Å². The van der Waals surface area contributed by atoms with E-state index < -0.39 is 24.9 Å². The summed E-state index contributed by atoms with van der Waals surface area (Å²) < 4.78 is 46.7. The van der Waals surface area contributed by atoms with Crippen LogP contribution >= 0.6 is 0 Å². The molecule has 0 saturated heterocycles. The molecule has 0 unspecified atom stereocenters. The number of rotatable bonds is 5. The second-order valence-electron chi connectivity index (χ2n) is 3.72. The van der Waals surface area contributed by atoms with E-state index in [1.165, 1.54) is 0 Å². The van der Waals surface area contributed by atoms with E-state index in [1.807, 2.05) is 0 Å². The second-order valence-corrected chi connectivity index (χ2v) is 8.03. The molecule has 0 fully saturated rings. The van der Waals surface area contributed by atoms with Gasteiger partial charge in [0.1, 0.15) is 0 Å². The predicted molar refractivity (Wildman–Crippen MR) is 66.3 cm³/mol. The third-order valence-electron chi connectivity index (χ3n) is 1.85. The molecule has 1 aromatic rings. The molecule has 0 atom stereocenters. The minimum absolute atomic E-state index is 0.0398. The molecule has 8 heteroatoms. The molecule has 96 valence electrons. The summed E-state index contributed by atoms with van der Waals surface area (Å²) in [5, 5.41) is -0.908. The minimum Gasteiger partial charge on any atom is -0.399 e. The van der Waals surface area contributed by atoms with E-state index >= 15 is 0 Å². The highest BCUT2D eigenvalue weighted by Gasteiger charge is 2.17. The molecule has 0 radical (unpaired) electrons. The zero-order valence-electron chi connectivity index (χ0n) is 9.25. The molecule has 0 bridgehead atoms. The average Bonchev–Trinajstić information content (AvgIpc) is 2.13. The summed E-state index contributed by atoms with van der Waals surface area (Å²) in [5.74, 6) is 0. The van der Waals surface area contributed by atoms with Gasteiger partial charge in [0, 0.05) is 18.5 Å². The molecule has 0 heterocycles. The Kier molecular flexibility index (Phi) is 4.12. The van der Waals surface area contributed by atoms with E-state index in [0.717, 1.165) is 6.26 Å². The van der Waals surface area contributed by atoms with Gasteiger partial charge in [0.15, 0.2) is 14.9 Å². The van der Waals surface area contributed by atoms with Crippen LogP contribution < -0.4 is 10.5 Å². The summed E-state index contributed by atoms with van der Waals surface area (Å²) in [6, 6.07) is 6.61. The van der Waals surface area contributed by atoms with Crippen molar-refractivity contribution >= 4 is 25.5 Å². The number of hydrogen-bond donors (Lipinski definition) is 2. The minimum atomic E-state index is -3.82. The van der Waals surface area contributed by atoms with E-state index in [4.69, 9.17) is 5.73 Å². The van der Waals surface area contributed by atoms with Crippen LogP contribution in [0.3, 0.4) is 0 Å². The topological polar surface area (TPSA) is 106 Å². The van der Waals surface area contributed by atoms with Crippen molar-refractivity contribution in [3.63, 3.8) is 0 Å². The second kappa shape index (κ2) is 5.03. The molecule has 0 spiro atoms. The van der Waals surface area contributed by atoms with Gasteiger partial charge in [-0.2, -0.15) is 0 Å². The van der Waals surface area contributed by atoms with Gasteiger partial charge in [0.25, 0.3) is 0 Å². The Morgan fingerprint density at radius 3 is 2.12 bits per heavy atom. The fourth-order valence-electron chi connectivity index (χ4n) is 1.15. The Labute approximate surface area is 101 Å². The van der Waals surface area contributed by atoms with Gasteiger partial charge in [-0.15, -0.1) is 0 Å². The lowest BCUT2D eigenvalue weighted by Crippen LogP contribution is -2.29.